The van der Waals surface area contributed by atoms with Gasteiger partial charge in [-0.25, -0.2) is 0 Å². The molecule has 130 valence electrons. The monoisotopic (exact) mass is 323 g/mol. The molecule has 2 fully saturated rings. The van der Waals surface area contributed by atoms with E-state index >= 15 is 0 Å². The first-order valence-electron chi connectivity index (χ1n) is 8.70. The number of piperidine rings is 1. The minimum atomic E-state index is 0.0296. The van der Waals surface area contributed by atoms with Gasteiger partial charge in [-0.05, 0) is 18.8 Å². The van der Waals surface area contributed by atoms with Gasteiger partial charge >= 0.3 is 0 Å². The van der Waals surface area contributed by atoms with Crippen LogP contribution in [0.1, 0.15) is 40.0 Å². The molecule has 3 amide bonds. The third-order valence-corrected chi connectivity index (χ3v) is 4.82. The smallest absolute Gasteiger partial charge is 0.225 e. The van der Waals surface area contributed by atoms with E-state index in [1.165, 1.54) is 0 Å². The van der Waals surface area contributed by atoms with E-state index in [2.05, 4.69) is 13.8 Å². The molecule has 0 saturated carbocycles. The first-order valence-corrected chi connectivity index (χ1v) is 8.70. The molecule has 0 bridgehead atoms. The fraction of sp³-hybridized carbons (Fsp3) is 0.824. The van der Waals surface area contributed by atoms with Crippen molar-refractivity contribution in [3.8, 4) is 0 Å². The highest BCUT2D eigenvalue weighted by Gasteiger charge is 2.31. The lowest BCUT2D eigenvalue weighted by Gasteiger charge is -2.38. The second-order valence-electron chi connectivity index (χ2n) is 7.08. The summed E-state index contributed by atoms with van der Waals surface area (Å²) in [7, 11) is 0. The van der Waals surface area contributed by atoms with Crippen molar-refractivity contribution < 1.29 is 14.4 Å². The summed E-state index contributed by atoms with van der Waals surface area (Å²) in [4.78, 5) is 41.6. The van der Waals surface area contributed by atoms with Crippen LogP contribution in [0.3, 0.4) is 0 Å². The fourth-order valence-corrected chi connectivity index (χ4v) is 3.35. The van der Waals surface area contributed by atoms with E-state index in [4.69, 9.17) is 0 Å². The molecule has 0 aromatic carbocycles. The molecule has 0 aromatic rings. The van der Waals surface area contributed by atoms with E-state index in [0.717, 1.165) is 12.8 Å². The van der Waals surface area contributed by atoms with Gasteiger partial charge in [0.15, 0.2) is 0 Å². The molecule has 0 radical (unpaired) electrons. The predicted octanol–water partition coefficient (Wildman–Crippen LogP) is 0.962. The van der Waals surface area contributed by atoms with Crippen molar-refractivity contribution in [2.45, 2.75) is 40.0 Å². The van der Waals surface area contributed by atoms with Crippen LogP contribution in [0.4, 0.5) is 0 Å². The van der Waals surface area contributed by atoms with E-state index < -0.39 is 0 Å². The predicted molar refractivity (Wildman–Crippen MR) is 87.6 cm³/mol. The van der Waals surface area contributed by atoms with Crippen LogP contribution in [0.25, 0.3) is 0 Å². The molecular formula is C17H29N3O3. The first kappa shape index (κ1) is 17.8. The van der Waals surface area contributed by atoms with Crippen molar-refractivity contribution in [3.05, 3.63) is 0 Å². The highest BCUT2D eigenvalue weighted by atomic mass is 16.2. The Labute approximate surface area is 138 Å². The summed E-state index contributed by atoms with van der Waals surface area (Å²) in [5, 5.41) is 0. The van der Waals surface area contributed by atoms with Crippen molar-refractivity contribution in [2.24, 2.45) is 11.8 Å². The fourth-order valence-electron chi connectivity index (χ4n) is 3.35. The van der Waals surface area contributed by atoms with Crippen LogP contribution in [0.5, 0.6) is 0 Å². The van der Waals surface area contributed by atoms with Gasteiger partial charge < -0.3 is 14.7 Å². The second kappa shape index (κ2) is 7.79. The van der Waals surface area contributed by atoms with E-state index in [-0.39, 0.29) is 23.6 Å². The normalized spacial score (nSPS) is 20.1. The number of nitrogens with zero attached hydrogens (tertiary/aromatic N) is 3. The van der Waals surface area contributed by atoms with Gasteiger partial charge in [0.05, 0.1) is 0 Å². The quantitative estimate of drug-likeness (QED) is 0.777. The van der Waals surface area contributed by atoms with Gasteiger partial charge in [-0.15, -0.1) is 0 Å². The van der Waals surface area contributed by atoms with E-state index in [1.807, 2.05) is 9.80 Å². The largest absolute Gasteiger partial charge is 0.343 e. The van der Waals surface area contributed by atoms with Gasteiger partial charge in [0.1, 0.15) is 0 Å². The molecule has 2 saturated heterocycles. The molecule has 6 nitrogen and oxygen atoms in total. The number of amides is 3. The Morgan fingerprint density at radius 1 is 0.870 bits per heavy atom. The number of carbonyl (C=O) groups excluding carboxylic acids is 3. The number of piperazine rings is 1. The Balaban J connectivity index is 1.78. The van der Waals surface area contributed by atoms with Crippen molar-refractivity contribution in [1.82, 2.24) is 14.7 Å². The van der Waals surface area contributed by atoms with Crippen LogP contribution in [0, 0.1) is 11.8 Å². The summed E-state index contributed by atoms with van der Waals surface area (Å²) in [5.74, 6) is 0.889. The molecule has 0 N–H and O–H groups in total. The Hall–Kier alpha value is -1.59. The van der Waals surface area contributed by atoms with Gasteiger partial charge in [0, 0.05) is 58.5 Å². The number of hydrogen-bond acceptors (Lipinski definition) is 3. The molecule has 2 heterocycles. The van der Waals surface area contributed by atoms with E-state index in [1.54, 1.807) is 11.8 Å². The molecule has 2 aliphatic rings. The molecule has 2 aliphatic heterocycles. The average molecular weight is 323 g/mol. The summed E-state index contributed by atoms with van der Waals surface area (Å²) < 4.78 is 0. The van der Waals surface area contributed by atoms with Crippen LogP contribution in [-0.4, -0.2) is 71.7 Å². The Kier molecular flexibility index (Phi) is 6.02. The third-order valence-electron chi connectivity index (χ3n) is 4.82. The minimum absolute atomic E-state index is 0.0296. The van der Waals surface area contributed by atoms with Crippen molar-refractivity contribution in [2.75, 3.05) is 39.3 Å². The molecule has 6 heteroatoms. The van der Waals surface area contributed by atoms with Crippen molar-refractivity contribution in [3.63, 3.8) is 0 Å². The van der Waals surface area contributed by atoms with Gasteiger partial charge in [-0.2, -0.15) is 0 Å². The maximum atomic E-state index is 12.6. The molecule has 0 aromatic heterocycles. The highest BCUT2D eigenvalue weighted by molar-refractivity contribution is 5.81. The van der Waals surface area contributed by atoms with Crippen LogP contribution < -0.4 is 0 Å². The molecule has 23 heavy (non-hydrogen) atoms. The molecule has 2 rings (SSSR count). The standard InChI is InChI=1S/C17H29N3O3/c1-13(2)12-16(22)19-6-4-15(5-7-19)17(23)20-10-8-18(9-11-20)14(3)21/h13,15H,4-12H2,1-3H3. The molecular weight excluding hydrogens is 294 g/mol. The second-order valence-corrected chi connectivity index (χ2v) is 7.08. The zero-order valence-electron chi connectivity index (χ0n) is 14.6. The maximum absolute atomic E-state index is 12.6. The number of rotatable bonds is 3. The van der Waals surface area contributed by atoms with Gasteiger partial charge in [-0.1, -0.05) is 13.8 Å². The van der Waals surface area contributed by atoms with Gasteiger partial charge in [0.25, 0.3) is 0 Å². The first-order chi connectivity index (χ1) is 10.9. The number of carbonyl (C=O) groups is 3. The lowest BCUT2D eigenvalue weighted by atomic mass is 9.94. The van der Waals surface area contributed by atoms with E-state index in [0.29, 0.717) is 51.6 Å². The Bertz CT molecular complexity index is 448. The summed E-state index contributed by atoms with van der Waals surface area (Å²) in [6, 6.07) is 0. The van der Waals surface area contributed by atoms with Crippen molar-refractivity contribution in [1.29, 1.82) is 0 Å². The van der Waals surface area contributed by atoms with Crippen LogP contribution in [0.2, 0.25) is 0 Å². The lowest BCUT2D eigenvalue weighted by Crippen LogP contribution is -2.52. The van der Waals surface area contributed by atoms with E-state index in [9.17, 15) is 14.4 Å². The van der Waals surface area contributed by atoms with Crippen LogP contribution >= 0.6 is 0 Å². The maximum Gasteiger partial charge on any atom is 0.225 e. The Morgan fingerprint density at radius 3 is 1.87 bits per heavy atom. The SMILES string of the molecule is CC(=O)N1CCN(C(=O)C2CCN(C(=O)CC(C)C)CC2)CC1. The zero-order valence-corrected chi connectivity index (χ0v) is 14.6. The molecule has 0 spiro atoms. The summed E-state index contributed by atoms with van der Waals surface area (Å²) in [5.41, 5.74) is 0. The van der Waals surface area contributed by atoms with Crippen molar-refractivity contribution >= 4 is 17.7 Å². The molecule has 0 unspecified atom stereocenters. The third kappa shape index (κ3) is 4.69. The van der Waals surface area contributed by atoms with Crippen LogP contribution in [0.15, 0.2) is 0 Å². The minimum Gasteiger partial charge on any atom is -0.343 e. The summed E-state index contributed by atoms with van der Waals surface area (Å²) in [6.45, 7) is 9.57. The zero-order chi connectivity index (χ0) is 17.0. The Morgan fingerprint density at radius 2 is 1.39 bits per heavy atom. The topological polar surface area (TPSA) is 60.9 Å². The molecule has 0 aliphatic carbocycles. The number of hydrogen-bond donors (Lipinski definition) is 0. The highest BCUT2D eigenvalue weighted by Crippen LogP contribution is 2.21. The van der Waals surface area contributed by atoms with Crippen LogP contribution in [-0.2, 0) is 14.4 Å². The summed E-state index contributed by atoms with van der Waals surface area (Å²) >= 11 is 0. The van der Waals surface area contributed by atoms with Gasteiger partial charge in [-0.3, -0.25) is 14.4 Å². The average Bonchev–Trinajstić information content (AvgIpc) is 2.53. The number of likely N-dealkylation sites (tertiary alicyclic amines) is 1. The molecule has 0 atom stereocenters. The lowest BCUT2D eigenvalue weighted by molar-refractivity contribution is -0.144. The van der Waals surface area contributed by atoms with Gasteiger partial charge in [0.2, 0.25) is 17.7 Å². The summed E-state index contributed by atoms with van der Waals surface area (Å²) in [6.07, 6.45) is 2.11.